The maximum atomic E-state index is 13.3. The molecule has 2 heterocycles. The number of rotatable bonds is 7. The molecule has 0 fully saturated rings. The van der Waals surface area contributed by atoms with Crippen LogP contribution in [0.2, 0.25) is 0 Å². The Hall–Kier alpha value is -2.96. The van der Waals surface area contributed by atoms with Gasteiger partial charge in [0, 0.05) is 6.54 Å². The Morgan fingerprint density at radius 1 is 1.10 bits per heavy atom. The largest absolute Gasteiger partial charge is 0.354 e. The minimum absolute atomic E-state index is 0.179. The maximum absolute atomic E-state index is 13.3. The third-order valence-corrected chi connectivity index (χ3v) is 5.43. The Balaban J connectivity index is 2.05. The molecule has 2 aromatic heterocycles. The summed E-state index contributed by atoms with van der Waals surface area (Å²) in [5.41, 5.74) is 3.59. The van der Waals surface area contributed by atoms with E-state index in [4.69, 9.17) is 0 Å². The topological polar surface area (TPSA) is 81.8 Å². The van der Waals surface area contributed by atoms with Crippen LogP contribution in [0.3, 0.4) is 0 Å². The first-order valence-corrected chi connectivity index (χ1v) is 10.6. The lowest BCUT2D eigenvalue weighted by Gasteiger charge is -2.17. The van der Waals surface area contributed by atoms with Crippen molar-refractivity contribution in [2.75, 3.05) is 6.54 Å². The second-order valence-electron chi connectivity index (χ2n) is 8.29. The molecular formula is C23H31N5O2. The molecule has 160 valence electrons. The molecule has 0 unspecified atom stereocenters. The summed E-state index contributed by atoms with van der Waals surface area (Å²) >= 11 is 0. The number of hydrogen-bond donors (Lipinski definition) is 1. The van der Waals surface area contributed by atoms with E-state index in [1.165, 1.54) is 4.68 Å². The monoisotopic (exact) mass is 409 g/mol. The second-order valence-corrected chi connectivity index (χ2v) is 8.29. The van der Waals surface area contributed by atoms with Gasteiger partial charge in [-0.1, -0.05) is 38.5 Å². The van der Waals surface area contributed by atoms with Crippen LogP contribution in [0, 0.1) is 26.7 Å². The molecule has 0 saturated carbocycles. The quantitative estimate of drug-likeness (QED) is 0.646. The zero-order chi connectivity index (χ0) is 22.0. The van der Waals surface area contributed by atoms with Gasteiger partial charge in [0.15, 0.2) is 5.52 Å². The number of carbonyl (C=O) groups is 1. The van der Waals surface area contributed by atoms with E-state index in [2.05, 4.69) is 29.4 Å². The molecule has 0 radical (unpaired) electrons. The number of aromatic nitrogens is 4. The van der Waals surface area contributed by atoms with Gasteiger partial charge in [-0.05, 0) is 51.7 Å². The summed E-state index contributed by atoms with van der Waals surface area (Å²) in [6, 6.07) is 7.33. The van der Waals surface area contributed by atoms with Gasteiger partial charge in [-0.2, -0.15) is 10.2 Å². The van der Waals surface area contributed by atoms with Crippen molar-refractivity contribution in [2.24, 2.45) is 5.92 Å². The molecule has 1 N–H and O–H groups in total. The van der Waals surface area contributed by atoms with Crippen LogP contribution >= 0.6 is 0 Å². The Bertz CT molecular complexity index is 1110. The van der Waals surface area contributed by atoms with E-state index >= 15 is 0 Å². The number of nitrogens with one attached hydrogen (secondary N) is 1. The standard InChI is InChI=1S/C23H31N5O2/c1-7-19(22(29)24-13-12-14(2)3)28-23(30)21-20(16(5)25-28)17(6)27(26-21)18-10-8-15(4)9-11-18/h8-11,14,19H,7,12-13H2,1-6H3,(H,24,29)/t19-/m1/s1. The third kappa shape index (κ3) is 4.15. The SMILES string of the molecule is CC[C@H](C(=O)NCCC(C)C)n1nc(C)c2c(C)n(-c3ccc(C)cc3)nc2c1=O. The number of aryl methyl sites for hydroxylation is 3. The molecule has 7 nitrogen and oxygen atoms in total. The Morgan fingerprint density at radius 2 is 1.77 bits per heavy atom. The van der Waals surface area contributed by atoms with Crippen molar-refractivity contribution in [3.63, 3.8) is 0 Å². The number of carbonyl (C=O) groups excluding carboxylic acids is 1. The van der Waals surface area contributed by atoms with Gasteiger partial charge in [0.2, 0.25) is 5.91 Å². The van der Waals surface area contributed by atoms with Crippen molar-refractivity contribution in [3.05, 3.63) is 51.6 Å². The van der Waals surface area contributed by atoms with Crippen molar-refractivity contribution in [1.29, 1.82) is 0 Å². The third-order valence-electron chi connectivity index (χ3n) is 5.43. The van der Waals surface area contributed by atoms with Crippen LogP contribution in [0.15, 0.2) is 29.1 Å². The van der Waals surface area contributed by atoms with Crippen LogP contribution in [0.4, 0.5) is 0 Å². The molecule has 0 saturated heterocycles. The Labute approximate surface area is 177 Å². The first-order chi connectivity index (χ1) is 14.2. The Morgan fingerprint density at radius 3 is 2.37 bits per heavy atom. The molecule has 0 aliphatic rings. The van der Waals surface area contributed by atoms with Crippen LogP contribution in [0.1, 0.15) is 56.6 Å². The summed E-state index contributed by atoms with van der Waals surface area (Å²) in [4.78, 5) is 26.0. The van der Waals surface area contributed by atoms with Gasteiger partial charge in [-0.15, -0.1) is 0 Å². The van der Waals surface area contributed by atoms with Gasteiger partial charge >= 0.3 is 0 Å². The van der Waals surface area contributed by atoms with Gasteiger partial charge in [-0.3, -0.25) is 9.59 Å². The van der Waals surface area contributed by atoms with Crippen LogP contribution in [0.5, 0.6) is 0 Å². The summed E-state index contributed by atoms with van der Waals surface area (Å²) < 4.78 is 3.07. The molecule has 3 rings (SSSR count). The van der Waals surface area contributed by atoms with E-state index in [1.807, 2.05) is 52.0 Å². The molecule has 7 heteroatoms. The van der Waals surface area contributed by atoms with Crippen LogP contribution in [-0.4, -0.2) is 32.0 Å². The van der Waals surface area contributed by atoms with Gasteiger partial charge in [0.05, 0.1) is 22.5 Å². The summed E-state index contributed by atoms with van der Waals surface area (Å²) in [7, 11) is 0. The molecular weight excluding hydrogens is 378 g/mol. The fourth-order valence-corrected chi connectivity index (χ4v) is 3.67. The van der Waals surface area contributed by atoms with Crippen LogP contribution < -0.4 is 10.9 Å². The van der Waals surface area contributed by atoms with Crippen molar-refractivity contribution < 1.29 is 4.79 Å². The molecule has 1 atom stereocenters. The highest BCUT2D eigenvalue weighted by Crippen LogP contribution is 2.22. The van der Waals surface area contributed by atoms with Gasteiger partial charge < -0.3 is 5.32 Å². The van der Waals surface area contributed by atoms with Crippen molar-refractivity contribution >= 4 is 16.8 Å². The summed E-state index contributed by atoms with van der Waals surface area (Å²) in [6.07, 6.45) is 1.37. The van der Waals surface area contributed by atoms with Crippen LogP contribution in [-0.2, 0) is 4.79 Å². The van der Waals surface area contributed by atoms with E-state index in [0.717, 1.165) is 28.8 Å². The van der Waals surface area contributed by atoms with Crippen molar-refractivity contribution in [2.45, 2.75) is 60.4 Å². The molecule has 0 spiro atoms. The number of hydrogen-bond acceptors (Lipinski definition) is 4. The molecule has 0 aliphatic heterocycles. The van der Waals surface area contributed by atoms with E-state index in [0.29, 0.717) is 30.1 Å². The first-order valence-electron chi connectivity index (χ1n) is 10.6. The average Bonchev–Trinajstić information content (AvgIpc) is 3.04. The van der Waals surface area contributed by atoms with Gasteiger partial charge in [0.25, 0.3) is 5.56 Å². The fraction of sp³-hybridized carbons (Fsp3) is 0.478. The predicted octanol–water partition coefficient (Wildman–Crippen LogP) is 3.62. The number of amides is 1. The molecule has 30 heavy (non-hydrogen) atoms. The lowest BCUT2D eigenvalue weighted by Crippen LogP contribution is -2.39. The van der Waals surface area contributed by atoms with Crippen molar-refractivity contribution in [3.8, 4) is 5.69 Å². The normalized spacial score (nSPS) is 12.5. The highest BCUT2D eigenvalue weighted by Gasteiger charge is 2.25. The zero-order valence-electron chi connectivity index (χ0n) is 18.7. The van der Waals surface area contributed by atoms with E-state index in [1.54, 1.807) is 4.68 Å². The molecule has 0 bridgehead atoms. The molecule has 0 aliphatic carbocycles. The number of fused-ring (bicyclic) bond motifs is 1. The van der Waals surface area contributed by atoms with Gasteiger partial charge in [0.1, 0.15) is 6.04 Å². The summed E-state index contributed by atoms with van der Waals surface area (Å²) in [6.45, 7) is 12.5. The second kappa shape index (κ2) is 8.81. The average molecular weight is 410 g/mol. The highest BCUT2D eigenvalue weighted by molar-refractivity contribution is 5.84. The van der Waals surface area contributed by atoms with E-state index in [-0.39, 0.29) is 11.5 Å². The van der Waals surface area contributed by atoms with Crippen molar-refractivity contribution in [1.82, 2.24) is 24.9 Å². The summed E-state index contributed by atoms with van der Waals surface area (Å²) in [5.74, 6) is 0.319. The fourth-order valence-electron chi connectivity index (χ4n) is 3.67. The minimum atomic E-state index is -0.655. The van der Waals surface area contributed by atoms with Gasteiger partial charge in [-0.25, -0.2) is 9.36 Å². The van der Waals surface area contributed by atoms with Crippen LogP contribution in [0.25, 0.3) is 16.6 Å². The predicted molar refractivity (Wildman–Crippen MR) is 119 cm³/mol. The zero-order valence-corrected chi connectivity index (χ0v) is 18.7. The minimum Gasteiger partial charge on any atom is -0.354 e. The lowest BCUT2D eigenvalue weighted by atomic mass is 10.1. The molecule has 3 aromatic rings. The van der Waals surface area contributed by atoms with E-state index in [9.17, 15) is 9.59 Å². The number of benzene rings is 1. The first kappa shape index (κ1) is 21.7. The molecule has 1 aromatic carbocycles. The Kier molecular flexibility index (Phi) is 6.39. The lowest BCUT2D eigenvalue weighted by molar-refractivity contribution is -0.124. The summed E-state index contributed by atoms with van der Waals surface area (Å²) in [5, 5.41) is 12.8. The van der Waals surface area contributed by atoms with E-state index < -0.39 is 6.04 Å². The maximum Gasteiger partial charge on any atom is 0.295 e. The molecule has 1 amide bonds. The number of nitrogens with zero attached hydrogens (tertiary/aromatic N) is 4. The highest BCUT2D eigenvalue weighted by atomic mass is 16.2. The smallest absolute Gasteiger partial charge is 0.295 e.